The number of hydrogen-bond donors (Lipinski definition) is 1. The third kappa shape index (κ3) is 3.26. The lowest BCUT2D eigenvalue weighted by atomic mass is 9.93. The zero-order valence-electron chi connectivity index (χ0n) is 12.0. The molecule has 1 unspecified atom stereocenters. The second-order valence-corrected chi connectivity index (χ2v) is 7.16. The predicted molar refractivity (Wildman–Crippen MR) is 80.9 cm³/mol. The number of likely N-dealkylation sites (N-methyl/N-ethyl adjacent to an activating group) is 1. The van der Waals surface area contributed by atoms with Crippen LogP contribution in [0.3, 0.4) is 0 Å². The maximum atomic E-state index is 5.46. The van der Waals surface area contributed by atoms with Gasteiger partial charge in [0.05, 0.1) is 12.1 Å². The summed E-state index contributed by atoms with van der Waals surface area (Å²) in [6.45, 7) is 4.98. The van der Waals surface area contributed by atoms with E-state index < -0.39 is 0 Å². The molecule has 3 aliphatic rings. The summed E-state index contributed by atoms with van der Waals surface area (Å²) in [6.07, 6.45) is 4.98. The molecule has 108 valence electrons. The maximum Gasteiger partial charge on any atom is 0.157 e. The first kappa shape index (κ1) is 13.7. The van der Waals surface area contributed by atoms with E-state index in [1.54, 1.807) is 0 Å². The summed E-state index contributed by atoms with van der Waals surface area (Å²) >= 11 is 1.89. The minimum Gasteiger partial charge on any atom is -0.381 e. The van der Waals surface area contributed by atoms with Crippen molar-refractivity contribution in [2.45, 2.75) is 50.2 Å². The Bertz CT molecular complexity index is 351. The Morgan fingerprint density at radius 3 is 2.89 bits per heavy atom. The summed E-state index contributed by atoms with van der Waals surface area (Å²) in [5, 5.41) is 4.81. The molecule has 0 aromatic heterocycles. The molecule has 3 rings (SSSR count). The zero-order chi connectivity index (χ0) is 13.3. The number of nitrogens with zero attached hydrogens (tertiary/aromatic N) is 2. The second kappa shape index (κ2) is 5.62. The van der Waals surface area contributed by atoms with Crippen LogP contribution in [0.25, 0.3) is 0 Å². The number of ether oxygens (including phenoxy) is 1. The van der Waals surface area contributed by atoms with Crippen molar-refractivity contribution in [3.8, 4) is 0 Å². The fourth-order valence-electron chi connectivity index (χ4n) is 2.81. The molecule has 2 aliphatic heterocycles. The van der Waals surface area contributed by atoms with Crippen molar-refractivity contribution in [3.63, 3.8) is 0 Å². The lowest BCUT2D eigenvalue weighted by Crippen LogP contribution is -2.48. The lowest BCUT2D eigenvalue weighted by Gasteiger charge is -2.32. The third-order valence-electron chi connectivity index (χ3n) is 4.62. The monoisotopic (exact) mass is 283 g/mol. The molecule has 1 N–H and O–H groups in total. The Morgan fingerprint density at radius 2 is 2.21 bits per heavy atom. The Hall–Kier alpha value is -0.260. The molecule has 1 saturated carbocycles. The summed E-state index contributed by atoms with van der Waals surface area (Å²) in [5.74, 6) is 1.15. The van der Waals surface area contributed by atoms with Gasteiger partial charge >= 0.3 is 0 Å². The van der Waals surface area contributed by atoms with Crippen molar-refractivity contribution < 1.29 is 4.74 Å². The van der Waals surface area contributed by atoms with Crippen LogP contribution in [0.5, 0.6) is 0 Å². The molecule has 1 aliphatic carbocycles. The smallest absolute Gasteiger partial charge is 0.157 e. The minimum atomic E-state index is 0.271. The molecule has 4 nitrogen and oxygen atoms in total. The number of thioether (sulfide) groups is 1. The molecular formula is C14H25N3OS. The highest BCUT2D eigenvalue weighted by Crippen LogP contribution is 2.32. The molecule has 2 heterocycles. The Morgan fingerprint density at radius 1 is 1.47 bits per heavy atom. The summed E-state index contributed by atoms with van der Waals surface area (Å²) < 4.78 is 5.46. The highest BCUT2D eigenvalue weighted by molar-refractivity contribution is 8.14. The molecule has 3 fully saturated rings. The average molecular weight is 283 g/mol. The largest absolute Gasteiger partial charge is 0.381 e. The summed E-state index contributed by atoms with van der Waals surface area (Å²) in [7, 11) is 2.23. The number of amidine groups is 1. The molecule has 0 bridgehead atoms. The van der Waals surface area contributed by atoms with Crippen LogP contribution >= 0.6 is 11.8 Å². The number of hydrogen-bond acceptors (Lipinski definition) is 4. The normalized spacial score (nSPS) is 29.9. The van der Waals surface area contributed by atoms with Crippen LogP contribution in [0, 0.1) is 0 Å². The number of aliphatic imine (C=N–C) groups is 1. The number of rotatable bonds is 4. The van der Waals surface area contributed by atoms with Gasteiger partial charge < -0.3 is 10.1 Å². The standard InChI is InChI=1S/C14H25N3OS/c1-11(17(2)12-3-4-12)9-15-13-16-14(10-19-13)5-7-18-8-6-14/h11-12H,3-10H2,1-2H3,(H,15,16). The van der Waals surface area contributed by atoms with Gasteiger partial charge in [-0.1, -0.05) is 11.8 Å². The van der Waals surface area contributed by atoms with E-state index in [1.807, 2.05) is 11.8 Å². The molecule has 0 amide bonds. The summed E-state index contributed by atoms with van der Waals surface area (Å²) in [5.41, 5.74) is 0.271. The topological polar surface area (TPSA) is 36.9 Å². The van der Waals surface area contributed by atoms with Gasteiger partial charge in [-0.05, 0) is 39.7 Å². The van der Waals surface area contributed by atoms with Gasteiger partial charge in [0.15, 0.2) is 5.17 Å². The van der Waals surface area contributed by atoms with E-state index >= 15 is 0 Å². The van der Waals surface area contributed by atoms with E-state index in [0.29, 0.717) is 6.04 Å². The van der Waals surface area contributed by atoms with E-state index in [1.165, 1.54) is 12.8 Å². The van der Waals surface area contributed by atoms with E-state index in [9.17, 15) is 0 Å². The lowest BCUT2D eigenvalue weighted by molar-refractivity contribution is 0.0555. The Labute approximate surface area is 120 Å². The quantitative estimate of drug-likeness (QED) is 0.852. The first-order valence-corrected chi connectivity index (χ1v) is 8.42. The van der Waals surface area contributed by atoms with Gasteiger partial charge in [0.2, 0.25) is 0 Å². The fraction of sp³-hybridized carbons (Fsp3) is 0.929. The van der Waals surface area contributed by atoms with Crippen LogP contribution < -0.4 is 5.32 Å². The van der Waals surface area contributed by atoms with Crippen molar-refractivity contribution in [3.05, 3.63) is 0 Å². The van der Waals surface area contributed by atoms with Crippen LogP contribution in [0.4, 0.5) is 0 Å². The Kier molecular flexibility index (Phi) is 4.06. The highest BCUT2D eigenvalue weighted by atomic mass is 32.2. The van der Waals surface area contributed by atoms with Crippen LogP contribution in [-0.4, -0.2) is 60.2 Å². The first-order valence-electron chi connectivity index (χ1n) is 7.44. The molecule has 19 heavy (non-hydrogen) atoms. The third-order valence-corrected chi connectivity index (χ3v) is 5.83. The van der Waals surface area contributed by atoms with Crippen LogP contribution in [0.15, 0.2) is 4.99 Å². The Balaban J connectivity index is 1.50. The van der Waals surface area contributed by atoms with Crippen molar-refractivity contribution in [1.82, 2.24) is 10.2 Å². The molecule has 0 aromatic rings. The molecule has 0 radical (unpaired) electrons. The molecule has 1 spiro atoms. The zero-order valence-corrected chi connectivity index (χ0v) is 12.8. The van der Waals surface area contributed by atoms with Gasteiger partial charge in [0.1, 0.15) is 0 Å². The van der Waals surface area contributed by atoms with Gasteiger partial charge in [-0.15, -0.1) is 0 Å². The van der Waals surface area contributed by atoms with E-state index in [2.05, 4.69) is 24.2 Å². The van der Waals surface area contributed by atoms with Crippen LogP contribution in [-0.2, 0) is 4.74 Å². The van der Waals surface area contributed by atoms with Gasteiger partial charge in [-0.2, -0.15) is 0 Å². The van der Waals surface area contributed by atoms with Crippen molar-refractivity contribution in [1.29, 1.82) is 0 Å². The molecule has 1 atom stereocenters. The van der Waals surface area contributed by atoms with E-state index in [4.69, 9.17) is 9.73 Å². The van der Waals surface area contributed by atoms with E-state index in [0.717, 1.165) is 49.6 Å². The fourth-order valence-corrected chi connectivity index (χ4v) is 4.04. The van der Waals surface area contributed by atoms with Gasteiger partial charge in [0, 0.05) is 31.1 Å². The SMILES string of the molecule is CC(CN=C1NC2(CCOCC2)CS1)N(C)C1CC1. The number of nitrogens with one attached hydrogen (secondary N) is 1. The van der Waals surface area contributed by atoms with Crippen molar-refractivity contribution in [2.75, 3.05) is 32.6 Å². The average Bonchev–Trinajstić information content (AvgIpc) is 3.21. The van der Waals surface area contributed by atoms with Crippen molar-refractivity contribution in [2.24, 2.45) is 4.99 Å². The summed E-state index contributed by atoms with van der Waals surface area (Å²) in [4.78, 5) is 7.27. The molecular weight excluding hydrogens is 258 g/mol. The maximum absolute atomic E-state index is 5.46. The van der Waals surface area contributed by atoms with E-state index in [-0.39, 0.29) is 5.54 Å². The second-order valence-electron chi connectivity index (χ2n) is 6.20. The van der Waals surface area contributed by atoms with Gasteiger partial charge in [-0.3, -0.25) is 9.89 Å². The van der Waals surface area contributed by atoms with Gasteiger partial charge in [-0.25, -0.2) is 0 Å². The molecule has 0 aromatic carbocycles. The van der Waals surface area contributed by atoms with Crippen LogP contribution in [0.1, 0.15) is 32.6 Å². The van der Waals surface area contributed by atoms with Crippen LogP contribution in [0.2, 0.25) is 0 Å². The minimum absolute atomic E-state index is 0.271. The molecule has 2 saturated heterocycles. The predicted octanol–water partition coefficient (Wildman–Crippen LogP) is 1.71. The van der Waals surface area contributed by atoms with Gasteiger partial charge in [0.25, 0.3) is 0 Å². The first-order chi connectivity index (χ1) is 9.19. The highest BCUT2D eigenvalue weighted by Gasteiger charge is 2.38. The summed E-state index contributed by atoms with van der Waals surface area (Å²) in [6, 6.07) is 1.37. The molecule has 5 heteroatoms. The van der Waals surface area contributed by atoms with Crippen molar-refractivity contribution >= 4 is 16.9 Å².